The zero-order valence-electron chi connectivity index (χ0n) is 21.2. The number of sulfonamides is 1. The quantitative estimate of drug-likeness (QED) is 0.502. The summed E-state index contributed by atoms with van der Waals surface area (Å²) in [7, 11) is -3.22. The zero-order valence-corrected chi connectivity index (χ0v) is 23.5. The van der Waals surface area contributed by atoms with Crippen molar-refractivity contribution in [3.05, 3.63) is 51.4 Å². The van der Waals surface area contributed by atoms with Gasteiger partial charge >= 0.3 is 0 Å². The molecule has 12 heteroatoms. The Labute approximate surface area is 229 Å². The van der Waals surface area contributed by atoms with Crippen molar-refractivity contribution in [3.8, 4) is 0 Å². The molecule has 1 aromatic carbocycles. The molecule has 0 radical (unpaired) electrons. The Balaban J connectivity index is 1.31. The summed E-state index contributed by atoms with van der Waals surface area (Å²) in [6.45, 7) is 5.46. The van der Waals surface area contributed by atoms with Gasteiger partial charge in [0.2, 0.25) is 10.0 Å². The van der Waals surface area contributed by atoms with Gasteiger partial charge in [-0.25, -0.2) is 23.1 Å². The molecule has 2 N–H and O–H groups in total. The van der Waals surface area contributed by atoms with Crippen molar-refractivity contribution >= 4 is 45.0 Å². The minimum Gasteiger partial charge on any atom is -0.369 e. The number of likely N-dealkylation sites (tertiary alicyclic amines) is 2. The summed E-state index contributed by atoms with van der Waals surface area (Å²) in [6, 6.07) is 5.87. The van der Waals surface area contributed by atoms with Gasteiger partial charge in [0.25, 0.3) is 5.91 Å². The third-order valence-corrected chi connectivity index (χ3v) is 8.58. The van der Waals surface area contributed by atoms with Gasteiger partial charge in [-0.15, -0.1) is 0 Å². The lowest BCUT2D eigenvalue weighted by Gasteiger charge is -2.42. The number of piperidine rings is 2. The van der Waals surface area contributed by atoms with E-state index in [0.29, 0.717) is 53.8 Å². The summed E-state index contributed by atoms with van der Waals surface area (Å²) in [5, 5.41) is 4.37. The number of benzene rings is 1. The van der Waals surface area contributed by atoms with Crippen molar-refractivity contribution in [2.24, 2.45) is 0 Å². The normalized spacial score (nSPS) is 19.7. The molecule has 2 aliphatic rings. The summed E-state index contributed by atoms with van der Waals surface area (Å²) in [5.74, 6) is 0.562. The standard InChI is InChI=1S/C25H34Cl2N6O3S/c1-17-23(29-16-30-24(17)28-10-7-18-5-6-21(26)22(27)14-18)25(34)32-12-8-20(9-13-32)33-11-3-4-19(15-33)31-37(2,35)36/h5-6,14,16,19-20,31H,3-4,7-13,15H2,1-2H3,(H,28,29,30)/t19-/m1/s1. The molecule has 0 spiro atoms. The van der Waals surface area contributed by atoms with Gasteiger partial charge in [-0.1, -0.05) is 29.3 Å². The highest BCUT2D eigenvalue weighted by atomic mass is 35.5. The number of hydrogen-bond acceptors (Lipinski definition) is 7. The molecule has 1 atom stereocenters. The van der Waals surface area contributed by atoms with E-state index in [1.165, 1.54) is 12.6 Å². The Morgan fingerprint density at radius 3 is 2.57 bits per heavy atom. The molecular formula is C25H34Cl2N6O3S. The molecular weight excluding hydrogens is 535 g/mol. The third-order valence-electron chi connectivity index (χ3n) is 7.08. The molecule has 0 bridgehead atoms. The van der Waals surface area contributed by atoms with Crippen LogP contribution in [0.3, 0.4) is 0 Å². The van der Waals surface area contributed by atoms with Crippen LogP contribution < -0.4 is 10.0 Å². The van der Waals surface area contributed by atoms with E-state index in [2.05, 4.69) is 24.9 Å². The first-order chi connectivity index (χ1) is 17.6. The Morgan fingerprint density at radius 1 is 1.11 bits per heavy atom. The molecule has 1 aromatic heterocycles. The zero-order chi connectivity index (χ0) is 26.6. The SMILES string of the molecule is Cc1c(NCCc2ccc(Cl)c(Cl)c2)ncnc1C(=O)N1CCC(N2CCC[C@@H](NS(C)(=O)=O)C2)CC1. The van der Waals surface area contributed by atoms with Crippen molar-refractivity contribution < 1.29 is 13.2 Å². The van der Waals surface area contributed by atoms with Crippen LogP contribution in [-0.2, 0) is 16.4 Å². The molecule has 2 saturated heterocycles. The maximum atomic E-state index is 13.3. The monoisotopic (exact) mass is 568 g/mol. The first-order valence-corrected chi connectivity index (χ1v) is 15.3. The smallest absolute Gasteiger partial charge is 0.272 e. The maximum absolute atomic E-state index is 13.3. The molecule has 3 heterocycles. The molecule has 1 amide bonds. The van der Waals surface area contributed by atoms with Crippen LogP contribution >= 0.6 is 23.2 Å². The fourth-order valence-electron chi connectivity index (χ4n) is 5.19. The fourth-order valence-corrected chi connectivity index (χ4v) is 6.30. The highest BCUT2D eigenvalue weighted by molar-refractivity contribution is 7.88. The molecule has 0 aliphatic carbocycles. The van der Waals surface area contributed by atoms with Gasteiger partial charge in [-0.2, -0.15) is 0 Å². The predicted octanol–water partition coefficient (Wildman–Crippen LogP) is 3.36. The van der Waals surface area contributed by atoms with Crippen LogP contribution in [0.5, 0.6) is 0 Å². The molecule has 37 heavy (non-hydrogen) atoms. The summed E-state index contributed by atoms with van der Waals surface area (Å²) >= 11 is 12.1. The molecule has 0 unspecified atom stereocenters. The van der Waals surface area contributed by atoms with Crippen molar-refractivity contribution in [2.45, 2.75) is 51.1 Å². The van der Waals surface area contributed by atoms with Crippen molar-refractivity contribution in [3.63, 3.8) is 0 Å². The van der Waals surface area contributed by atoms with E-state index < -0.39 is 10.0 Å². The molecule has 202 valence electrons. The van der Waals surface area contributed by atoms with E-state index in [1.54, 1.807) is 6.07 Å². The van der Waals surface area contributed by atoms with Gasteiger partial charge in [-0.05, 0) is 63.3 Å². The van der Waals surface area contributed by atoms with Gasteiger partial charge < -0.3 is 10.2 Å². The van der Waals surface area contributed by atoms with E-state index in [0.717, 1.165) is 49.8 Å². The number of hydrogen-bond donors (Lipinski definition) is 2. The summed E-state index contributed by atoms with van der Waals surface area (Å²) in [5.41, 5.74) is 2.20. The highest BCUT2D eigenvalue weighted by Crippen LogP contribution is 2.25. The Morgan fingerprint density at radius 2 is 1.86 bits per heavy atom. The van der Waals surface area contributed by atoms with E-state index in [4.69, 9.17) is 23.2 Å². The van der Waals surface area contributed by atoms with Crippen LogP contribution in [0.2, 0.25) is 10.0 Å². The minimum atomic E-state index is -3.22. The van der Waals surface area contributed by atoms with Gasteiger partial charge in [0.1, 0.15) is 17.8 Å². The second-order valence-corrected chi connectivity index (χ2v) is 12.5. The van der Waals surface area contributed by atoms with E-state index in [9.17, 15) is 13.2 Å². The van der Waals surface area contributed by atoms with Crippen molar-refractivity contribution in [1.29, 1.82) is 0 Å². The number of nitrogens with zero attached hydrogens (tertiary/aromatic N) is 4. The number of halogens is 2. The first-order valence-electron chi connectivity index (χ1n) is 12.6. The second kappa shape index (κ2) is 12.3. The van der Waals surface area contributed by atoms with E-state index in [1.807, 2.05) is 24.0 Å². The van der Waals surface area contributed by atoms with Crippen molar-refractivity contribution in [2.75, 3.05) is 44.3 Å². The van der Waals surface area contributed by atoms with E-state index >= 15 is 0 Å². The second-order valence-electron chi connectivity index (χ2n) is 9.87. The number of carbonyl (C=O) groups excluding carboxylic acids is 1. The highest BCUT2D eigenvalue weighted by Gasteiger charge is 2.32. The first kappa shape index (κ1) is 28.0. The molecule has 0 saturated carbocycles. The molecule has 2 fully saturated rings. The van der Waals surface area contributed by atoms with Crippen LogP contribution in [0.4, 0.5) is 5.82 Å². The number of anilines is 1. The fraction of sp³-hybridized carbons (Fsp3) is 0.560. The Kier molecular flexibility index (Phi) is 9.29. The summed E-state index contributed by atoms with van der Waals surface area (Å²) < 4.78 is 26.0. The maximum Gasteiger partial charge on any atom is 0.272 e. The number of amides is 1. The lowest BCUT2D eigenvalue weighted by Crippen LogP contribution is -2.53. The molecule has 2 aliphatic heterocycles. The van der Waals surface area contributed by atoms with Gasteiger partial charge in [0.15, 0.2) is 0 Å². The Bertz CT molecular complexity index is 1220. The molecule has 9 nitrogen and oxygen atoms in total. The van der Waals surface area contributed by atoms with Crippen LogP contribution in [0.1, 0.15) is 47.3 Å². The van der Waals surface area contributed by atoms with Crippen LogP contribution in [-0.4, -0.2) is 85.2 Å². The summed E-state index contributed by atoms with van der Waals surface area (Å²) in [4.78, 5) is 26.2. The number of aromatic nitrogens is 2. The lowest BCUT2D eigenvalue weighted by molar-refractivity contribution is 0.0561. The number of carbonyl (C=O) groups is 1. The van der Waals surface area contributed by atoms with E-state index in [-0.39, 0.29) is 11.9 Å². The van der Waals surface area contributed by atoms with Crippen LogP contribution in [0, 0.1) is 6.92 Å². The summed E-state index contributed by atoms with van der Waals surface area (Å²) in [6.07, 6.45) is 6.91. The van der Waals surface area contributed by atoms with Gasteiger partial charge in [0.05, 0.1) is 16.3 Å². The van der Waals surface area contributed by atoms with Crippen LogP contribution in [0.25, 0.3) is 0 Å². The van der Waals surface area contributed by atoms with Crippen molar-refractivity contribution in [1.82, 2.24) is 24.5 Å². The largest absolute Gasteiger partial charge is 0.369 e. The average Bonchev–Trinajstić information content (AvgIpc) is 2.86. The lowest BCUT2D eigenvalue weighted by atomic mass is 9.98. The average molecular weight is 570 g/mol. The van der Waals surface area contributed by atoms with Gasteiger partial charge in [-0.3, -0.25) is 9.69 Å². The van der Waals surface area contributed by atoms with Gasteiger partial charge in [0, 0.05) is 43.8 Å². The molecule has 4 rings (SSSR count). The predicted molar refractivity (Wildman–Crippen MR) is 147 cm³/mol. The number of rotatable bonds is 8. The topological polar surface area (TPSA) is 108 Å². The Hall–Kier alpha value is -1.98. The number of nitrogens with one attached hydrogen (secondary N) is 2. The third kappa shape index (κ3) is 7.54. The molecule has 2 aromatic rings. The minimum absolute atomic E-state index is 0.0466. The van der Waals surface area contributed by atoms with Crippen LogP contribution in [0.15, 0.2) is 24.5 Å².